The minimum Gasteiger partial charge on any atom is -0.404 e. The summed E-state index contributed by atoms with van der Waals surface area (Å²) in [6.07, 6.45) is 11.5. The summed E-state index contributed by atoms with van der Waals surface area (Å²) in [6.45, 7) is 4.85. The first-order valence-corrected chi connectivity index (χ1v) is 8.80. The summed E-state index contributed by atoms with van der Waals surface area (Å²) < 4.78 is 1.65. The molecule has 0 unspecified atom stereocenters. The standard InChI is InChI=1S/C19H24N6O/c1-3-8-25-13-16(4-5-17(25)26)21-10-14(9-20)15-11-22-18(23-12-15)24-19(2)6-7-19/h4-5,9-13H,3,6-8,20H2,1-2H3,(H,22,23,24)/b14-9+,21-10?. The monoisotopic (exact) mass is 352 g/mol. The van der Waals surface area contributed by atoms with E-state index in [1.807, 2.05) is 6.92 Å². The van der Waals surface area contributed by atoms with Crippen molar-refractivity contribution in [3.8, 4) is 0 Å². The van der Waals surface area contributed by atoms with Crippen molar-refractivity contribution in [1.82, 2.24) is 14.5 Å². The van der Waals surface area contributed by atoms with Gasteiger partial charge in [0, 0.05) is 60.3 Å². The van der Waals surface area contributed by atoms with Crippen LogP contribution in [0.2, 0.25) is 0 Å². The summed E-state index contributed by atoms with van der Waals surface area (Å²) in [5.41, 5.74) is 8.04. The van der Waals surface area contributed by atoms with Gasteiger partial charge in [-0.3, -0.25) is 9.79 Å². The molecule has 0 aliphatic heterocycles. The van der Waals surface area contributed by atoms with Gasteiger partial charge in [-0.25, -0.2) is 9.97 Å². The molecule has 2 aromatic rings. The largest absolute Gasteiger partial charge is 0.404 e. The Morgan fingerprint density at radius 2 is 2.12 bits per heavy atom. The number of hydrogen-bond acceptors (Lipinski definition) is 6. The van der Waals surface area contributed by atoms with Gasteiger partial charge in [-0.05, 0) is 32.3 Å². The Morgan fingerprint density at radius 3 is 2.73 bits per heavy atom. The molecule has 1 fully saturated rings. The summed E-state index contributed by atoms with van der Waals surface area (Å²) >= 11 is 0. The molecule has 0 atom stereocenters. The number of hydrogen-bond donors (Lipinski definition) is 2. The molecule has 2 aromatic heterocycles. The third kappa shape index (κ3) is 4.36. The van der Waals surface area contributed by atoms with Crippen LogP contribution in [0.15, 0.2) is 46.7 Å². The van der Waals surface area contributed by atoms with E-state index in [1.54, 1.807) is 35.4 Å². The molecule has 0 aromatic carbocycles. The molecule has 7 nitrogen and oxygen atoms in total. The van der Waals surface area contributed by atoms with E-state index in [1.165, 1.54) is 12.3 Å². The average Bonchev–Trinajstić information content (AvgIpc) is 3.36. The van der Waals surface area contributed by atoms with Crippen molar-refractivity contribution in [3.63, 3.8) is 0 Å². The molecule has 1 aliphatic rings. The van der Waals surface area contributed by atoms with Crippen LogP contribution in [0.25, 0.3) is 5.57 Å². The van der Waals surface area contributed by atoms with Crippen molar-refractivity contribution in [2.45, 2.75) is 45.2 Å². The normalized spacial score (nSPS) is 16.0. The second-order valence-electron chi connectivity index (χ2n) is 6.78. The first-order valence-electron chi connectivity index (χ1n) is 8.80. The fourth-order valence-electron chi connectivity index (χ4n) is 2.49. The molecular weight excluding hydrogens is 328 g/mol. The molecule has 1 saturated carbocycles. The second-order valence-corrected chi connectivity index (χ2v) is 6.78. The summed E-state index contributed by atoms with van der Waals surface area (Å²) in [7, 11) is 0. The van der Waals surface area contributed by atoms with E-state index < -0.39 is 0 Å². The zero-order chi connectivity index (χ0) is 18.6. The highest BCUT2D eigenvalue weighted by atomic mass is 16.1. The molecule has 0 spiro atoms. The zero-order valence-electron chi connectivity index (χ0n) is 15.1. The Bertz CT molecular complexity index is 878. The van der Waals surface area contributed by atoms with Crippen LogP contribution in [-0.2, 0) is 6.54 Å². The molecule has 3 rings (SSSR count). The minimum absolute atomic E-state index is 0.0266. The molecule has 7 heteroatoms. The van der Waals surface area contributed by atoms with E-state index >= 15 is 0 Å². The molecule has 3 N–H and O–H groups in total. The second kappa shape index (κ2) is 7.51. The van der Waals surface area contributed by atoms with Gasteiger partial charge >= 0.3 is 0 Å². The van der Waals surface area contributed by atoms with E-state index in [2.05, 4.69) is 27.2 Å². The molecule has 0 radical (unpaired) electrons. The van der Waals surface area contributed by atoms with Crippen LogP contribution >= 0.6 is 0 Å². The predicted octanol–water partition coefficient (Wildman–Crippen LogP) is 2.71. The van der Waals surface area contributed by atoms with E-state index in [4.69, 9.17) is 5.73 Å². The Hall–Kier alpha value is -2.96. The number of aromatic nitrogens is 3. The van der Waals surface area contributed by atoms with Crippen molar-refractivity contribution in [1.29, 1.82) is 0 Å². The zero-order valence-corrected chi connectivity index (χ0v) is 15.1. The van der Waals surface area contributed by atoms with E-state index in [0.717, 1.165) is 24.8 Å². The van der Waals surface area contributed by atoms with E-state index in [0.29, 0.717) is 23.8 Å². The SMILES string of the molecule is CCCn1cc(N=C/C(=C\N)c2cnc(NC3(C)CC3)nc2)ccc1=O. The van der Waals surface area contributed by atoms with Gasteiger partial charge in [-0.15, -0.1) is 0 Å². The number of allylic oxidation sites excluding steroid dienone is 1. The number of anilines is 1. The maximum Gasteiger partial charge on any atom is 0.250 e. The highest BCUT2D eigenvalue weighted by Crippen LogP contribution is 2.37. The molecule has 136 valence electrons. The van der Waals surface area contributed by atoms with Gasteiger partial charge in [0.2, 0.25) is 5.95 Å². The van der Waals surface area contributed by atoms with Gasteiger partial charge < -0.3 is 15.6 Å². The van der Waals surface area contributed by atoms with Crippen LogP contribution < -0.4 is 16.6 Å². The topological polar surface area (TPSA) is 98.2 Å². The Kier molecular flexibility index (Phi) is 5.16. The summed E-state index contributed by atoms with van der Waals surface area (Å²) in [5.74, 6) is 0.619. The summed E-state index contributed by atoms with van der Waals surface area (Å²) in [5, 5.41) is 3.32. The number of pyridine rings is 1. The van der Waals surface area contributed by atoms with Crippen LogP contribution in [0.1, 0.15) is 38.7 Å². The van der Waals surface area contributed by atoms with Gasteiger partial charge in [-0.2, -0.15) is 0 Å². The lowest BCUT2D eigenvalue weighted by Crippen LogP contribution is -2.18. The molecule has 1 aliphatic carbocycles. The minimum atomic E-state index is -0.0266. The van der Waals surface area contributed by atoms with Crippen LogP contribution in [0, 0.1) is 0 Å². The van der Waals surface area contributed by atoms with Gasteiger partial charge in [-0.1, -0.05) is 6.92 Å². The molecule has 0 amide bonds. The maximum atomic E-state index is 11.8. The first-order chi connectivity index (χ1) is 12.5. The van der Waals surface area contributed by atoms with Crippen molar-refractivity contribution in [3.05, 3.63) is 52.8 Å². The van der Waals surface area contributed by atoms with Crippen LogP contribution in [0.5, 0.6) is 0 Å². The lowest BCUT2D eigenvalue weighted by molar-refractivity contribution is 0.655. The summed E-state index contributed by atoms with van der Waals surface area (Å²) in [4.78, 5) is 24.9. The van der Waals surface area contributed by atoms with Crippen molar-refractivity contribution in [2.24, 2.45) is 10.7 Å². The molecule has 0 saturated heterocycles. The summed E-state index contributed by atoms with van der Waals surface area (Å²) in [6, 6.07) is 3.22. The van der Waals surface area contributed by atoms with Gasteiger partial charge in [0.25, 0.3) is 5.56 Å². The maximum absolute atomic E-state index is 11.8. The Balaban J connectivity index is 1.74. The third-order valence-corrected chi connectivity index (χ3v) is 4.36. The van der Waals surface area contributed by atoms with Crippen LogP contribution in [0.4, 0.5) is 11.6 Å². The Labute approximate surface area is 152 Å². The number of nitrogens with one attached hydrogen (secondary N) is 1. The lowest BCUT2D eigenvalue weighted by Gasteiger charge is -2.11. The third-order valence-electron chi connectivity index (χ3n) is 4.36. The highest BCUT2D eigenvalue weighted by molar-refractivity contribution is 6.10. The van der Waals surface area contributed by atoms with Crippen molar-refractivity contribution >= 4 is 23.4 Å². The number of nitrogens with two attached hydrogens (primary N) is 1. The Morgan fingerprint density at radius 1 is 1.38 bits per heavy atom. The van der Waals surface area contributed by atoms with E-state index in [-0.39, 0.29) is 11.1 Å². The van der Waals surface area contributed by atoms with Gasteiger partial charge in [0.15, 0.2) is 0 Å². The number of aliphatic imine (C=N–C) groups is 1. The number of rotatable bonds is 7. The fourth-order valence-corrected chi connectivity index (χ4v) is 2.49. The average molecular weight is 352 g/mol. The van der Waals surface area contributed by atoms with Crippen LogP contribution in [-0.4, -0.2) is 26.3 Å². The van der Waals surface area contributed by atoms with E-state index in [9.17, 15) is 4.79 Å². The predicted molar refractivity (Wildman–Crippen MR) is 105 cm³/mol. The smallest absolute Gasteiger partial charge is 0.250 e. The highest BCUT2D eigenvalue weighted by Gasteiger charge is 2.37. The fraction of sp³-hybridized carbons (Fsp3) is 0.368. The molecule has 2 heterocycles. The van der Waals surface area contributed by atoms with Gasteiger partial charge in [0.05, 0.1) is 5.69 Å². The number of nitrogens with zero attached hydrogens (tertiary/aromatic N) is 4. The first kappa shape index (κ1) is 17.8. The molecule has 26 heavy (non-hydrogen) atoms. The molecule has 0 bridgehead atoms. The van der Waals surface area contributed by atoms with Crippen LogP contribution in [0.3, 0.4) is 0 Å². The lowest BCUT2D eigenvalue weighted by atomic mass is 10.1. The molecular formula is C19H24N6O. The van der Waals surface area contributed by atoms with Gasteiger partial charge in [0.1, 0.15) is 0 Å². The van der Waals surface area contributed by atoms with Crippen molar-refractivity contribution < 1.29 is 0 Å². The number of aryl methyl sites for hydroxylation is 1. The van der Waals surface area contributed by atoms with Crippen molar-refractivity contribution in [2.75, 3.05) is 5.32 Å². The quantitative estimate of drug-likeness (QED) is 0.747.